The third-order valence-corrected chi connectivity index (χ3v) is 6.11. The van der Waals surface area contributed by atoms with Crippen LogP contribution in [0, 0.1) is 0 Å². The average molecular weight is 513 g/mol. The molecule has 0 amide bonds. The van der Waals surface area contributed by atoms with Crippen molar-refractivity contribution in [3.05, 3.63) is 41.4 Å². The number of thiazole rings is 1. The molecule has 1 aliphatic heterocycles. The lowest BCUT2D eigenvalue weighted by molar-refractivity contribution is 0.208. The van der Waals surface area contributed by atoms with Crippen LogP contribution in [0.1, 0.15) is 31.2 Å². The van der Waals surface area contributed by atoms with Gasteiger partial charge in [0.05, 0.1) is 12.6 Å². The smallest absolute Gasteiger partial charge is 0.191 e. The molecule has 0 atom stereocenters. The highest BCUT2D eigenvalue weighted by Crippen LogP contribution is 2.27. The van der Waals surface area contributed by atoms with Crippen LogP contribution in [-0.2, 0) is 6.54 Å². The van der Waals surface area contributed by atoms with Crippen LogP contribution in [0.4, 0.5) is 5.13 Å². The zero-order valence-corrected chi connectivity index (χ0v) is 19.1. The second kappa shape index (κ2) is 10.3. The fourth-order valence-electron chi connectivity index (χ4n) is 3.70. The number of nitrogens with zero attached hydrogens (tertiary/aromatic N) is 4. The number of ether oxygens (including phenoxy) is 1. The van der Waals surface area contributed by atoms with Gasteiger partial charge in [-0.15, -0.1) is 35.3 Å². The Morgan fingerprint density at radius 2 is 1.93 bits per heavy atom. The third-order valence-electron chi connectivity index (χ3n) is 5.27. The van der Waals surface area contributed by atoms with Crippen LogP contribution in [0.5, 0.6) is 5.75 Å². The van der Waals surface area contributed by atoms with Crippen molar-refractivity contribution < 1.29 is 4.74 Å². The number of halogens is 1. The van der Waals surface area contributed by atoms with Crippen LogP contribution in [0.2, 0.25) is 0 Å². The predicted octanol–water partition coefficient (Wildman–Crippen LogP) is 3.72. The van der Waals surface area contributed by atoms with Crippen LogP contribution in [-0.4, -0.2) is 48.1 Å². The molecule has 1 aromatic carbocycles. The molecule has 0 bridgehead atoms. The zero-order valence-electron chi connectivity index (χ0n) is 16.0. The maximum atomic E-state index is 6.28. The van der Waals surface area contributed by atoms with Gasteiger partial charge >= 0.3 is 0 Å². The highest BCUT2D eigenvalue weighted by atomic mass is 127. The number of anilines is 1. The summed E-state index contributed by atoms with van der Waals surface area (Å²) in [5.74, 6) is 1.57. The molecular weight excluding hydrogens is 485 g/mol. The Labute approximate surface area is 187 Å². The Morgan fingerprint density at radius 1 is 1.18 bits per heavy atom. The van der Waals surface area contributed by atoms with Gasteiger partial charge in [0.1, 0.15) is 5.75 Å². The van der Waals surface area contributed by atoms with Gasteiger partial charge in [0.25, 0.3) is 0 Å². The van der Waals surface area contributed by atoms with Crippen LogP contribution in [0.15, 0.2) is 40.8 Å². The van der Waals surface area contributed by atoms with Gasteiger partial charge in [0.15, 0.2) is 11.1 Å². The number of hydrogen-bond acceptors (Lipinski definition) is 5. The van der Waals surface area contributed by atoms with E-state index in [0.717, 1.165) is 55.5 Å². The number of hydrogen-bond donors (Lipinski definition) is 1. The fourth-order valence-corrected chi connectivity index (χ4v) is 4.40. The van der Waals surface area contributed by atoms with E-state index in [1.54, 1.807) is 11.3 Å². The molecule has 6 nitrogen and oxygen atoms in total. The van der Waals surface area contributed by atoms with E-state index in [1.807, 2.05) is 29.8 Å². The zero-order chi connectivity index (χ0) is 18.5. The Bertz CT molecular complexity index is 756. The molecule has 2 N–H and O–H groups in total. The van der Waals surface area contributed by atoms with E-state index in [0.29, 0.717) is 18.6 Å². The molecule has 28 heavy (non-hydrogen) atoms. The molecule has 2 heterocycles. The number of nitrogens with two attached hydrogens (primary N) is 1. The normalized spacial score (nSPS) is 18.2. The van der Waals surface area contributed by atoms with E-state index in [2.05, 4.69) is 25.8 Å². The van der Waals surface area contributed by atoms with Gasteiger partial charge in [-0.3, -0.25) is 0 Å². The number of para-hydroxylation sites is 1. The van der Waals surface area contributed by atoms with Crippen molar-refractivity contribution in [2.24, 2.45) is 10.7 Å². The Morgan fingerprint density at radius 3 is 2.64 bits per heavy atom. The van der Waals surface area contributed by atoms with Crippen molar-refractivity contribution in [3.8, 4) is 5.75 Å². The van der Waals surface area contributed by atoms with Gasteiger partial charge in [0, 0.05) is 43.3 Å². The SMILES string of the molecule is I.NC(=NCc1ccccc1OC1CCCC1)N1CCN(c2nccs2)CC1. The second-order valence-electron chi connectivity index (χ2n) is 7.10. The fraction of sp³-hybridized carbons (Fsp3) is 0.500. The van der Waals surface area contributed by atoms with Gasteiger partial charge in [-0.1, -0.05) is 18.2 Å². The summed E-state index contributed by atoms with van der Waals surface area (Å²) in [7, 11) is 0. The number of piperazine rings is 1. The van der Waals surface area contributed by atoms with Crippen LogP contribution >= 0.6 is 35.3 Å². The van der Waals surface area contributed by atoms with Crippen LogP contribution < -0.4 is 15.4 Å². The van der Waals surface area contributed by atoms with E-state index in [-0.39, 0.29) is 24.0 Å². The van der Waals surface area contributed by atoms with Gasteiger partial charge in [-0.05, 0) is 31.7 Å². The average Bonchev–Trinajstić information content (AvgIpc) is 3.41. The highest BCUT2D eigenvalue weighted by molar-refractivity contribution is 14.0. The summed E-state index contributed by atoms with van der Waals surface area (Å²) < 4.78 is 6.20. The molecule has 2 fully saturated rings. The molecule has 8 heteroatoms. The van der Waals surface area contributed by atoms with E-state index >= 15 is 0 Å². The lowest BCUT2D eigenvalue weighted by Crippen LogP contribution is -2.51. The molecule has 1 aliphatic carbocycles. The summed E-state index contributed by atoms with van der Waals surface area (Å²) in [4.78, 5) is 13.5. The first-order valence-electron chi connectivity index (χ1n) is 9.73. The molecule has 0 unspecified atom stereocenters. The first-order valence-corrected chi connectivity index (χ1v) is 10.6. The standard InChI is InChI=1S/C20H27N5OS.HI/c21-19(24-10-12-25(13-11-24)20-22-9-14-27-20)23-15-16-5-1-4-8-18(16)26-17-6-2-3-7-17;/h1,4-5,8-9,14,17H,2-3,6-7,10-13,15H2,(H2,21,23);1H. The number of guanidine groups is 1. The molecule has 2 aliphatic rings. The summed E-state index contributed by atoms with van der Waals surface area (Å²) in [6, 6.07) is 8.20. The Balaban J connectivity index is 0.00000225. The largest absolute Gasteiger partial charge is 0.490 e. The molecule has 1 aromatic heterocycles. The first-order chi connectivity index (χ1) is 13.3. The molecule has 152 valence electrons. The van der Waals surface area contributed by atoms with E-state index in [4.69, 9.17) is 10.5 Å². The van der Waals surface area contributed by atoms with E-state index < -0.39 is 0 Å². The molecule has 0 spiro atoms. The minimum atomic E-state index is 0. The third kappa shape index (κ3) is 5.28. The van der Waals surface area contributed by atoms with Gasteiger partial charge in [-0.25, -0.2) is 9.98 Å². The maximum absolute atomic E-state index is 6.28. The van der Waals surface area contributed by atoms with Gasteiger partial charge < -0.3 is 20.3 Å². The summed E-state index contributed by atoms with van der Waals surface area (Å²) in [6.45, 7) is 4.14. The summed E-state index contributed by atoms with van der Waals surface area (Å²) in [5.41, 5.74) is 7.38. The van der Waals surface area contributed by atoms with Crippen molar-refractivity contribution in [1.29, 1.82) is 0 Å². The minimum Gasteiger partial charge on any atom is -0.490 e. The molecular formula is C20H28IN5OS. The maximum Gasteiger partial charge on any atom is 0.191 e. The summed E-state index contributed by atoms with van der Waals surface area (Å²) in [6.07, 6.45) is 7.06. The Kier molecular flexibility index (Phi) is 7.78. The number of benzene rings is 1. The topological polar surface area (TPSA) is 67.0 Å². The lowest BCUT2D eigenvalue weighted by Gasteiger charge is -2.35. The molecule has 4 rings (SSSR count). The number of aromatic nitrogens is 1. The van der Waals surface area contributed by atoms with Crippen molar-refractivity contribution in [3.63, 3.8) is 0 Å². The van der Waals surface area contributed by atoms with Crippen LogP contribution in [0.3, 0.4) is 0 Å². The van der Waals surface area contributed by atoms with Crippen molar-refractivity contribution >= 4 is 46.4 Å². The van der Waals surface area contributed by atoms with Crippen molar-refractivity contribution in [1.82, 2.24) is 9.88 Å². The highest BCUT2D eigenvalue weighted by Gasteiger charge is 2.20. The number of aliphatic imine (C=N–C) groups is 1. The molecule has 2 aromatic rings. The Hall–Kier alpha value is -1.55. The van der Waals surface area contributed by atoms with E-state index in [9.17, 15) is 0 Å². The first kappa shape index (κ1) is 21.2. The van der Waals surface area contributed by atoms with E-state index in [1.165, 1.54) is 12.8 Å². The quantitative estimate of drug-likeness (QED) is 0.375. The van der Waals surface area contributed by atoms with Gasteiger partial charge in [-0.2, -0.15) is 0 Å². The molecule has 1 saturated carbocycles. The molecule has 0 radical (unpaired) electrons. The van der Waals surface area contributed by atoms with Crippen molar-refractivity contribution in [2.75, 3.05) is 31.1 Å². The lowest BCUT2D eigenvalue weighted by atomic mass is 10.2. The second-order valence-corrected chi connectivity index (χ2v) is 7.97. The predicted molar refractivity (Wildman–Crippen MR) is 126 cm³/mol. The summed E-state index contributed by atoms with van der Waals surface area (Å²) >= 11 is 1.68. The van der Waals surface area contributed by atoms with Crippen LogP contribution in [0.25, 0.3) is 0 Å². The molecule has 1 saturated heterocycles. The monoisotopic (exact) mass is 513 g/mol. The minimum absolute atomic E-state index is 0. The summed E-state index contributed by atoms with van der Waals surface area (Å²) in [5, 5.41) is 3.10. The number of rotatable bonds is 5. The van der Waals surface area contributed by atoms with Gasteiger partial charge in [0.2, 0.25) is 0 Å². The van der Waals surface area contributed by atoms with Crippen molar-refractivity contribution in [2.45, 2.75) is 38.3 Å².